The van der Waals surface area contributed by atoms with Crippen molar-refractivity contribution >= 4 is 29.1 Å². The molecule has 0 spiro atoms. The van der Waals surface area contributed by atoms with Gasteiger partial charge in [-0.2, -0.15) is 0 Å². The molecule has 3 aromatic rings. The van der Waals surface area contributed by atoms with E-state index in [9.17, 15) is 9.18 Å². The second-order valence-electron chi connectivity index (χ2n) is 5.89. The molecule has 0 aliphatic rings. The largest absolute Gasteiger partial charge is 0.352 e. The van der Waals surface area contributed by atoms with E-state index >= 15 is 0 Å². The van der Waals surface area contributed by atoms with E-state index in [2.05, 4.69) is 32.7 Å². The lowest BCUT2D eigenvalue weighted by Crippen LogP contribution is -2.25. The summed E-state index contributed by atoms with van der Waals surface area (Å²) in [7, 11) is 0. The number of hydrogen-bond acceptors (Lipinski definition) is 4. The summed E-state index contributed by atoms with van der Waals surface area (Å²) in [5.74, 6) is -0.430. The molecule has 0 saturated heterocycles. The van der Waals surface area contributed by atoms with Crippen LogP contribution in [0.15, 0.2) is 60.9 Å². The minimum Gasteiger partial charge on any atom is -0.352 e. The summed E-state index contributed by atoms with van der Waals surface area (Å²) in [4.78, 5) is 20.3. The second kappa shape index (κ2) is 9.09. The summed E-state index contributed by atoms with van der Waals surface area (Å²) < 4.78 is 13.2. The summed E-state index contributed by atoms with van der Waals surface area (Å²) in [5, 5.41) is 5.76. The fraction of sp³-hybridized carbons (Fsp3) is 0.150. The minimum absolute atomic E-state index is 0.00602. The van der Waals surface area contributed by atoms with Gasteiger partial charge in [-0.15, -0.1) is 0 Å². The smallest absolute Gasteiger partial charge is 0.254 e. The summed E-state index contributed by atoms with van der Waals surface area (Å²) in [6.45, 7) is 0.571. The van der Waals surface area contributed by atoms with Crippen molar-refractivity contribution in [1.29, 1.82) is 0 Å². The molecule has 2 aromatic carbocycles. The molecule has 138 valence electrons. The Balaban J connectivity index is 1.48. The Hall–Kier alpha value is -2.99. The highest BCUT2D eigenvalue weighted by Crippen LogP contribution is 2.21. The normalized spacial score (nSPS) is 10.4. The van der Waals surface area contributed by atoms with Gasteiger partial charge in [0.1, 0.15) is 5.82 Å². The lowest BCUT2D eigenvalue weighted by atomic mass is 10.1. The Morgan fingerprint density at radius 1 is 1.07 bits per heavy atom. The molecule has 0 aliphatic heterocycles. The molecule has 0 fully saturated rings. The number of benzene rings is 2. The number of hydrogen-bond donors (Lipinski definition) is 2. The number of amides is 1. The van der Waals surface area contributed by atoms with Crippen LogP contribution in [-0.2, 0) is 6.42 Å². The first kappa shape index (κ1) is 18.8. The Bertz CT molecular complexity index is 904. The Morgan fingerprint density at radius 3 is 2.52 bits per heavy atom. The maximum absolute atomic E-state index is 13.2. The molecule has 0 saturated carbocycles. The molecule has 1 heterocycles. The molecule has 0 atom stereocenters. The van der Waals surface area contributed by atoms with Crippen LogP contribution in [-0.4, -0.2) is 22.4 Å². The van der Waals surface area contributed by atoms with E-state index in [4.69, 9.17) is 11.6 Å². The molecule has 1 amide bonds. The van der Waals surface area contributed by atoms with Crippen molar-refractivity contribution in [3.63, 3.8) is 0 Å². The number of halogens is 2. The molecular weight excluding hydrogens is 367 g/mol. The van der Waals surface area contributed by atoms with Crippen LogP contribution in [0.1, 0.15) is 22.3 Å². The third kappa shape index (κ3) is 5.49. The first-order chi connectivity index (χ1) is 13.1. The van der Waals surface area contributed by atoms with Crippen molar-refractivity contribution in [3.8, 4) is 0 Å². The van der Waals surface area contributed by atoms with Crippen LogP contribution in [0.2, 0.25) is 5.02 Å². The molecular formula is C20H18ClFN4O. The van der Waals surface area contributed by atoms with Gasteiger partial charge in [0.05, 0.1) is 10.6 Å². The average Bonchev–Trinajstić information content (AvgIpc) is 2.69. The van der Waals surface area contributed by atoms with Gasteiger partial charge in [0.25, 0.3) is 5.91 Å². The van der Waals surface area contributed by atoms with Gasteiger partial charge in [-0.1, -0.05) is 41.9 Å². The van der Waals surface area contributed by atoms with Crippen molar-refractivity contribution < 1.29 is 9.18 Å². The van der Waals surface area contributed by atoms with Gasteiger partial charge < -0.3 is 10.6 Å². The molecule has 3 rings (SSSR count). The van der Waals surface area contributed by atoms with Crippen LogP contribution in [0.25, 0.3) is 0 Å². The number of rotatable bonds is 7. The molecule has 0 bridgehead atoms. The maximum Gasteiger partial charge on any atom is 0.254 e. The number of nitrogens with one attached hydrogen (secondary N) is 2. The Kier molecular flexibility index (Phi) is 6.33. The van der Waals surface area contributed by atoms with Gasteiger partial charge in [-0.25, -0.2) is 14.4 Å². The van der Waals surface area contributed by atoms with Crippen LogP contribution in [0.4, 0.5) is 16.0 Å². The lowest BCUT2D eigenvalue weighted by molar-refractivity contribution is 0.0952. The molecule has 1 aromatic heterocycles. The van der Waals surface area contributed by atoms with Gasteiger partial charge >= 0.3 is 0 Å². The van der Waals surface area contributed by atoms with Gasteiger partial charge in [0, 0.05) is 24.6 Å². The van der Waals surface area contributed by atoms with Crippen LogP contribution in [0.3, 0.4) is 0 Å². The highest BCUT2D eigenvalue weighted by atomic mass is 35.5. The standard InChI is InChI=1S/C20H18ClFN4O/c21-17-11-16(8-9-18(17)22)26-20-24-12-15(13-25-20)19(27)23-10-4-7-14-5-2-1-3-6-14/h1-3,5-6,8-9,11-13H,4,7,10H2,(H,23,27)(H,24,25,26). The number of carbonyl (C=O) groups is 1. The Morgan fingerprint density at radius 2 is 1.81 bits per heavy atom. The van der Waals surface area contributed by atoms with Crippen LogP contribution < -0.4 is 10.6 Å². The van der Waals surface area contributed by atoms with E-state index in [0.29, 0.717) is 23.7 Å². The van der Waals surface area contributed by atoms with Crippen molar-refractivity contribution in [2.45, 2.75) is 12.8 Å². The van der Waals surface area contributed by atoms with E-state index < -0.39 is 5.82 Å². The molecule has 5 nitrogen and oxygen atoms in total. The number of carbonyl (C=O) groups excluding carboxylic acids is 1. The van der Waals surface area contributed by atoms with Gasteiger partial charge in [-0.3, -0.25) is 4.79 Å². The SMILES string of the molecule is O=C(NCCCc1ccccc1)c1cnc(Nc2ccc(F)c(Cl)c2)nc1. The highest BCUT2D eigenvalue weighted by molar-refractivity contribution is 6.31. The third-order valence-electron chi connectivity index (χ3n) is 3.86. The van der Waals surface area contributed by atoms with E-state index in [-0.39, 0.29) is 10.9 Å². The van der Waals surface area contributed by atoms with Gasteiger partial charge in [-0.05, 0) is 36.6 Å². The summed E-state index contributed by atoms with van der Waals surface area (Å²) in [6.07, 6.45) is 4.63. The summed E-state index contributed by atoms with van der Waals surface area (Å²) in [6, 6.07) is 14.3. The molecule has 0 radical (unpaired) electrons. The summed E-state index contributed by atoms with van der Waals surface area (Å²) in [5.41, 5.74) is 2.17. The lowest BCUT2D eigenvalue weighted by Gasteiger charge is -2.07. The summed E-state index contributed by atoms with van der Waals surface area (Å²) >= 11 is 5.74. The molecule has 0 unspecified atom stereocenters. The predicted octanol–water partition coefficient (Wildman–Crippen LogP) is 4.38. The number of aromatic nitrogens is 2. The van der Waals surface area contributed by atoms with Gasteiger partial charge in [0.2, 0.25) is 5.95 Å². The molecule has 27 heavy (non-hydrogen) atoms. The van der Waals surface area contributed by atoms with Crippen molar-refractivity contribution in [3.05, 3.63) is 82.9 Å². The number of anilines is 2. The number of nitrogens with zero attached hydrogens (tertiary/aromatic N) is 2. The van der Waals surface area contributed by atoms with E-state index in [1.807, 2.05) is 18.2 Å². The zero-order valence-corrected chi connectivity index (χ0v) is 15.2. The minimum atomic E-state index is -0.498. The molecule has 2 N–H and O–H groups in total. The fourth-order valence-corrected chi connectivity index (χ4v) is 2.63. The topological polar surface area (TPSA) is 66.9 Å². The van der Waals surface area contributed by atoms with Crippen LogP contribution in [0.5, 0.6) is 0 Å². The quantitative estimate of drug-likeness (QED) is 0.593. The van der Waals surface area contributed by atoms with Crippen molar-refractivity contribution in [2.24, 2.45) is 0 Å². The third-order valence-corrected chi connectivity index (χ3v) is 4.15. The van der Waals surface area contributed by atoms with Crippen molar-refractivity contribution in [2.75, 3.05) is 11.9 Å². The first-order valence-electron chi connectivity index (χ1n) is 8.48. The van der Waals surface area contributed by atoms with E-state index in [1.165, 1.54) is 36.2 Å². The highest BCUT2D eigenvalue weighted by Gasteiger charge is 2.07. The van der Waals surface area contributed by atoms with E-state index in [0.717, 1.165) is 12.8 Å². The maximum atomic E-state index is 13.2. The van der Waals surface area contributed by atoms with Crippen LogP contribution in [0, 0.1) is 5.82 Å². The fourth-order valence-electron chi connectivity index (χ4n) is 2.45. The number of aryl methyl sites for hydroxylation is 1. The van der Waals surface area contributed by atoms with Crippen LogP contribution >= 0.6 is 11.6 Å². The first-order valence-corrected chi connectivity index (χ1v) is 8.86. The van der Waals surface area contributed by atoms with E-state index in [1.54, 1.807) is 0 Å². The zero-order chi connectivity index (χ0) is 19.1. The monoisotopic (exact) mass is 384 g/mol. The second-order valence-corrected chi connectivity index (χ2v) is 6.30. The Labute approximate surface area is 161 Å². The molecule has 0 aliphatic carbocycles. The molecule has 7 heteroatoms. The van der Waals surface area contributed by atoms with Gasteiger partial charge in [0.15, 0.2) is 0 Å². The average molecular weight is 385 g/mol. The predicted molar refractivity (Wildman–Crippen MR) is 104 cm³/mol. The zero-order valence-electron chi connectivity index (χ0n) is 14.5. The van der Waals surface area contributed by atoms with Crippen molar-refractivity contribution in [1.82, 2.24) is 15.3 Å².